The fourth-order valence-corrected chi connectivity index (χ4v) is 3.36. The van der Waals surface area contributed by atoms with Crippen molar-refractivity contribution in [3.05, 3.63) is 0 Å². The maximum atomic E-state index is 3.55. The average Bonchev–Trinajstić information content (AvgIpc) is 2.38. The normalized spacial score (nSPS) is 12.0. The highest BCUT2D eigenvalue weighted by molar-refractivity contribution is 9.39. The predicted molar refractivity (Wildman–Crippen MR) is 104 cm³/mol. The van der Waals surface area contributed by atoms with Gasteiger partial charge in [-0.25, -0.2) is 0 Å². The summed E-state index contributed by atoms with van der Waals surface area (Å²) < 4.78 is -0.0237. The summed E-state index contributed by atoms with van der Waals surface area (Å²) in [7, 11) is 0. The van der Waals surface area contributed by atoms with Crippen molar-refractivity contribution in [2.75, 3.05) is 0 Å². The zero-order valence-corrected chi connectivity index (χ0v) is 18.0. The molecule has 0 rings (SSSR count). The Kier molecular flexibility index (Phi) is 16.4. The Morgan fingerprint density at radius 1 is 0.500 bits per heavy atom. The highest BCUT2D eigenvalue weighted by atomic mass is 80.0. The van der Waals surface area contributed by atoms with E-state index in [9.17, 15) is 0 Å². The van der Waals surface area contributed by atoms with E-state index in [4.69, 9.17) is 0 Å². The second-order valence-electron chi connectivity index (χ2n) is 5.96. The second-order valence-corrected chi connectivity index (χ2v) is 13.2. The van der Waals surface area contributed by atoms with Crippen LogP contribution >= 0.6 is 47.8 Å². The highest BCUT2D eigenvalue weighted by Crippen LogP contribution is 2.38. The molecule has 0 saturated heterocycles. The molecule has 0 spiro atoms. The molecule has 0 unspecified atom stereocenters. The standard InChI is InChI=1S/C17H33Br3/c1-2-3-4-5-6-7-8-9-10-11-12-13-14-15-16-17(18,19)20/h2-16H2,1H3. The first kappa shape index (κ1) is 21.4. The van der Waals surface area contributed by atoms with E-state index in [-0.39, 0.29) is 2.14 Å². The van der Waals surface area contributed by atoms with Gasteiger partial charge in [0.25, 0.3) is 0 Å². The number of rotatable bonds is 14. The van der Waals surface area contributed by atoms with Crippen LogP contribution in [0.1, 0.15) is 103 Å². The first-order chi connectivity index (χ1) is 9.56. The first-order valence-electron chi connectivity index (χ1n) is 8.63. The first-order valence-corrected chi connectivity index (χ1v) is 11.0. The molecule has 0 nitrogen and oxygen atoms in total. The van der Waals surface area contributed by atoms with Crippen LogP contribution in [0.5, 0.6) is 0 Å². The zero-order chi connectivity index (χ0) is 15.1. The van der Waals surface area contributed by atoms with Gasteiger partial charge in [0.05, 0.1) is 0 Å². The molecule has 0 saturated carbocycles. The molecule has 20 heavy (non-hydrogen) atoms. The van der Waals surface area contributed by atoms with Gasteiger partial charge in [0.1, 0.15) is 2.14 Å². The summed E-state index contributed by atoms with van der Waals surface area (Å²) in [6.07, 6.45) is 21.1. The molecule has 122 valence electrons. The Hall–Kier alpha value is 1.44. The molecule has 0 heterocycles. The quantitative estimate of drug-likeness (QED) is 0.174. The van der Waals surface area contributed by atoms with Crippen LogP contribution in [0.25, 0.3) is 0 Å². The Morgan fingerprint density at radius 3 is 1.10 bits per heavy atom. The lowest BCUT2D eigenvalue weighted by Crippen LogP contribution is -1.98. The molecule has 0 aromatic heterocycles. The van der Waals surface area contributed by atoms with E-state index >= 15 is 0 Å². The van der Waals surface area contributed by atoms with Gasteiger partial charge in [-0.3, -0.25) is 0 Å². The molecular formula is C17H33Br3. The van der Waals surface area contributed by atoms with Gasteiger partial charge in [0.15, 0.2) is 0 Å². The Bertz CT molecular complexity index is 187. The van der Waals surface area contributed by atoms with Gasteiger partial charge in [-0.2, -0.15) is 0 Å². The summed E-state index contributed by atoms with van der Waals surface area (Å²) in [4.78, 5) is 0. The van der Waals surface area contributed by atoms with Crippen molar-refractivity contribution in [2.45, 2.75) is 105 Å². The molecule has 0 aromatic rings. The lowest BCUT2D eigenvalue weighted by Gasteiger charge is -2.10. The minimum atomic E-state index is -0.0237. The molecule has 0 bridgehead atoms. The van der Waals surface area contributed by atoms with Gasteiger partial charge in [-0.05, 0) is 6.42 Å². The van der Waals surface area contributed by atoms with E-state index in [1.165, 1.54) is 89.9 Å². The average molecular weight is 477 g/mol. The summed E-state index contributed by atoms with van der Waals surface area (Å²) in [6, 6.07) is 0. The predicted octanol–water partition coefficient (Wildman–Crippen LogP) is 8.70. The van der Waals surface area contributed by atoms with E-state index in [0.717, 1.165) is 6.42 Å². The highest BCUT2D eigenvalue weighted by Gasteiger charge is 2.15. The number of unbranched alkanes of at least 4 members (excludes halogenated alkanes) is 13. The Balaban J connectivity index is 2.99. The van der Waals surface area contributed by atoms with Crippen LogP contribution in [0.15, 0.2) is 0 Å². The van der Waals surface area contributed by atoms with Gasteiger partial charge < -0.3 is 0 Å². The Morgan fingerprint density at radius 2 is 0.800 bits per heavy atom. The van der Waals surface area contributed by atoms with Crippen LogP contribution in [0, 0.1) is 0 Å². The molecule has 0 N–H and O–H groups in total. The molecule has 3 heteroatoms. The van der Waals surface area contributed by atoms with Crippen LogP contribution in [0.3, 0.4) is 0 Å². The molecular weight excluding hydrogens is 444 g/mol. The number of hydrogen-bond donors (Lipinski definition) is 0. The van der Waals surface area contributed by atoms with E-state index < -0.39 is 0 Å². The maximum Gasteiger partial charge on any atom is 0.135 e. The van der Waals surface area contributed by atoms with Crippen molar-refractivity contribution in [2.24, 2.45) is 0 Å². The number of alkyl halides is 3. The fourth-order valence-electron chi connectivity index (χ4n) is 2.52. The summed E-state index contributed by atoms with van der Waals surface area (Å²) in [5.74, 6) is 0. The fraction of sp³-hybridized carbons (Fsp3) is 1.00. The van der Waals surface area contributed by atoms with Crippen LogP contribution < -0.4 is 0 Å². The van der Waals surface area contributed by atoms with E-state index in [2.05, 4.69) is 54.7 Å². The largest absolute Gasteiger partial charge is 0.135 e. The molecule has 0 fully saturated rings. The molecule has 0 atom stereocenters. The van der Waals surface area contributed by atoms with Crippen LogP contribution in [-0.4, -0.2) is 2.14 Å². The van der Waals surface area contributed by atoms with E-state index in [1.54, 1.807) is 0 Å². The smallest absolute Gasteiger partial charge is 0.0654 e. The third-order valence-corrected chi connectivity index (χ3v) is 5.00. The second kappa shape index (κ2) is 15.3. The van der Waals surface area contributed by atoms with Gasteiger partial charge in [0, 0.05) is 0 Å². The minimum absolute atomic E-state index is 0.0237. The lowest BCUT2D eigenvalue weighted by atomic mass is 10.0. The van der Waals surface area contributed by atoms with E-state index in [0.29, 0.717) is 0 Å². The molecule has 0 amide bonds. The van der Waals surface area contributed by atoms with Crippen LogP contribution in [0.4, 0.5) is 0 Å². The zero-order valence-electron chi connectivity index (χ0n) is 13.2. The lowest BCUT2D eigenvalue weighted by molar-refractivity contribution is 0.534. The third-order valence-electron chi connectivity index (χ3n) is 3.81. The van der Waals surface area contributed by atoms with Crippen LogP contribution in [0.2, 0.25) is 0 Å². The van der Waals surface area contributed by atoms with Gasteiger partial charge in [-0.1, -0.05) is 145 Å². The number of halogens is 3. The van der Waals surface area contributed by atoms with Crippen LogP contribution in [-0.2, 0) is 0 Å². The molecule has 0 radical (unpaired) electrons. The molecule has 0 aliphatic rings. The third kappa shape index (κ3) is 19.4. The Labute approximate surface area is 152 Å². The van der Waals surface area contributed by atoms with Crippen molar-refractivity contribution < 1.29 is 0 Å². The van der Waals surface area contributed by atoms with E-state index in [1.807, 2.05) is 0 Å². The summed E-state index contributed by atoms with van der Waals surface area (Å²) in [5, 5.41) is 0. The van der Waals surface area contributed by atoms with Crippen molar-refractivity contribution >= 4 is 47.8 Å². The summed E-state index contributed by atoms with van der Waals surface area (Å²) >= 11 is 10.6. The topological polar surface area (TPSA) is 0 Å². The minimum Gasteiger partial charge on any atom is -0.0654 e. The van der Waals surface area contributed by atoms with Crippen molar-refractivity contribution in [3.63, 3.8) is 0 Å². The SMILES string of the molecule is CCCCCCCCCCCCCCCCC(Br)(Br)Br. The molecule has 0 aliphatic heterocycles. The van der Waals surface area contributed by atoms with Crippen molar-refractivity contribution in [1.82, 2.24) is 0 Å². The van der Waals surface area contributed by atoms with Gasteiger partial charge in [-0.15, -0.1) is 0 Å². The van der Waals surface area contributed by atoms with Crippen molar-refractivity contribution in [1.29, 1.82) is 0 Å². The maximum absolute atomic E-state index is 3.55. The molecule has 0 aliphatic carbocycles. The van der Waals surface area contributed by atoms with Gasteiger partial charge >= 0.3 is 0 Å². The summed E-state index contributed by atoms with van der Waals surface area (Å²) in [6.45, 7) is 2.29. The van der Waals surface area contributed by atoms with Crippen molar-refractivity contribution in [3.8, 4) is 0 Å². The van der Waals surface area contributed by atoms with Gasteiger partial charge in [0.2, 0.25) is 0 Å². The molecule has 0 aromatic carbocycles. The monoisotopic (exact) mass is 474 g/mol. The summed E-state index contributed by atoms with van der Waals surface area (Å²) in [5.41, 5.74) is 0. The number of hydrogen-bond acceptors (Lipinski definition) is 0.